The first-order chi connectivity index (χ1) is 9.72. The number of hydrogen-bond acceptors (Lipinski definition) is 1. The summed E-state index contributed by atoms with van der Waals surface area (Å²) in [5.74, 6) is 1.01. The normalized spacial score (nSPS) is 18.5. The molecule has 1 aromatic carbocycles. The molecule has 1 aromatic rings. The van der Waals surface area contributed by atoms with Crippen LogP contribution in [0.5, 0.6) is 0 Å². The van der Waals surface area contributed by atoms with Crippen LogP contribution in [0.1, 0.15) is 43.2 Å². The lowest BCUT2D eigenvalue weighted by atomic mass is 10.0. The summed E-state index contributed by atoms with van der Waals surface area (Å²) in [5.41, 5.74) is 2.57. The van der Waals surface area contributed by atoms with E-state index in [9.17, 15) is 4.79 Å². The number of nitrogens with zero attached hydrogens (tertiary/aromatic N) is 1. The van der Waals surface area contributed by atoms with Gasteiger partial charge in [-0.15, -0.1) is 11.6 Å². The highest BCUT2D eigenvalue weighted by Gasteiger charge is 2.27. The van der Waals surface area contributed by atoms with Crippen molar-refractivity contribution < 1.29 is 4.79 Å². The predicted octanol–water partition coefficient (Wildman–Crippen LogP) is 3.94. The van der Waals surface area contributed by atoms with Gasteiger partial charge in [0.1, 0.15) is 0 Å². The van der Waals surface area contributed by atoms with E-state index in [1.54, 1.807) is 0 Å². The molecule has 1 aliphatic heterocycles. The van der Waals surface area contributed by atoms with E-state index in [4.69, 9.17) is 11.6 Å². The van der Waals surface area contributed by atoms with Gasteiger partial charge in [0.15, 0.2) is 0 Å². The molecule has 1 atom stereocenters. The minimum absolute atomic E-state index is 0.310. The fraction of sp³-hybridized carbons (Fsp3) is 0.588. The Bertz CT molecular complexity index is 446. The Morgan fingerprint density at radius 3 is 2.95 bits per heavy atom. The zero-order valence-corrected chi connectivity index (χ0v) is 13.0. The first-order valence-electron chi connectivity index (χ1n) is 7.62. The Hall–Kier alpha value is -1.02. The maximum absolute atomic E-state index is 12.4. The summed E-state index contributed by atoms with van der Waals surface area (Å²) in [6, 6.07) is 8.75. The fourth-order valence-electron chi connectivity index (χ4n) is 3.05. The Balaban J connectivity index is 1.86. The maximum atomic E-state index is 12.4. The minimum atomic E-state index is 0.310. The molecule has 0 radical (unpaired) electrons. The lowest BCUT2D eigenvalue weighted by Gasteiger charge is -2.24. The summed E-state index contributed by atoms with van der Waals surface area (Å²) in [4.78, 5) is 14.5. The summed E-state index contributed by atoms with van der Waals surface area (Å²) in [6.45, 7) is 3.04. The SMILES string of the molecule is Cc1ccccc1CCC(=O)N1CCCC1CCCCl. The Labute approximate surface area is 127 Å². The largest absolute Gasteiger partial charge is 0.340 e. The molecule has 0 aromatic heterocycles. The third-order valence-corrected chi connectivity index (χ3v) is 4.51. The highest BCUT2D eigenvalue weighted by atomic mass is 35.5. The third kappa shape index (κ3) is 3.99. The molecular weight excluding hydrogens is 270 g/mol. The van der Waals surface area contributed by atoms with Gasteiger partial charge in [-0.1, -0.05) is 24.3 Å². The van der Waals surface area contributed by atoms with Crippen LogP contribution in [0.3, 0.4) is 0 Å². The van der Waals surface area contributed by atoms with E-state index < -0.39 is 0 Å². The smallest absolute Gasteiger partial charge is 0.223 e. The highest BCUT2D eigenvalue weighted by Crippen LogP contribution is 2.23. The molecule has 0 bridgehead atoms. The molecule has 0 aliphatic carbocycles. The number of likely N-dealkylation sites (tertiary alicyclic amines) is 1. The molecule has 1 heterocycles. The number of alkyl halides is 1. The summed E-state index contributed by atoms with van der Waals surface area (Å²) in [5, 5.41) is 0. The van der Waals surface area contributed by atoms with Crippen LogP contribution >= 0.6 is 11.6 Å². The van der Waals surface area contributed by atoms with E-state index in [1.165, 1.54) is 11.1 Å². The van der Waals surface area contributed by atoms with E-state index in [0.717, 1.165) is 38.6 Å². The number of hydrogen-bond donors (Lipinski definition) is 0. The number of amides is 1. The van der Waals surface area contributed by atoms with Gasteiger partial charge >= 0.3 is 0 Å². The van der Waals surface area contributed by atoms with Gasteiger partial charge in [0.2, 0.25) is 5.91 Å². The van der Waals surface area contributed by atoms with Crippen molar-refractivity contribution in [3.8, 4) is 0 Å². The second-order valence-electron chi connectivity index (χ2n) is 5.64. The standard InChI is InChI=1S/C17H24ClNO/c1-14-6-2-3-7-15(14)10-11-17(20)19-13-5-9-16(19)8-4-12-18/h2-3,6-7,16H,4-5,8-13H2,1H3. The van der Waals surface area contributed by atoms with Crippen molar-refractivity contribution in [2.75, 3.05) is 12.4 Å². The molecule has 1 fully saturated rings. The second kappa shape index (κ2) is 7.68. The molecule has 2 nitrogen and oxygen atoms in total. The molecule has 3 heteroatoms. The van der Waals surface area contributed by atoms with E-state index in [2.05, 4.69) is 24.0 Å². The molecule has 0 saturated carbocycles. The molecule has 20 heavy (non-hydrogen) atoms. The predicted molar refractivity (Wildman–Crippen MR) is 84.2 cm³/mol. The van der Waals surface area contributed by atoms with Crippen LogP contribution in [-0.2, 0) is 11.2 Å². The van der Waals surface area contributed by atoms with Crippen LogP contribution in [0.25, 0.3) is 0 Å². The zero-order chi connectivity index (χ0) is 14.4. The lowest BCUT2D eigenvalue weighted by molar-refractivity contribution is -0.132. The molecule has 2 rings (SSSR count). The number of rotatable bonds is 6. The van der Waals surface area contributed by atoms with Crippen LogP contribution in [0.2, 0.25) is 0 Å². The monoisotopic (exact) mass is 293 g/mol. The van der Waals surface area contributed by atoms with Gasteiger partial charge in [-0.2, -0.15) is 0 Å². The van der Waals surface area contributed by atoms with E-state index in [0.29, 0.717) is 24.2 Å². The van der Waals surface area contributed by atoms with E-state index in [1.807, 2.05) is 12.1 Å². The van der Waals surface area contributed by atoms with Crippen molar-refractivity contribution in [1.82, 2.24) is 4.90 Å². The average molecular weight is 294 g/mol. The Morgan fingerprint density at radius 2 is 2.20 bits per heavy atom. The summed E-state index contributed by atoms with van der Waals surface area (Å²) >= 11 is 5.76. The van der Waals surface area contributed by atoms with Crippen LogP contribution in [-0.4, -0.2) is 29.3 Å². The van der Waals surface area contributed by atoms with Crippen LogP contribution < -0.4 is 0 Å². The van der Waals surface area contributed by atoms with Gasteiger partial charge in [-0.3, -0.25) is 4.79 Å². The maximum Gasteiger partial charge on any atom is 0.223 e. The topological polar surface area (TPSA) is 20.3 Å². The first-order valence-corrected chi connectivity index (χ1v) is 8.15. The van der Waals surface area contributed by atoms with Gasteiger partial charge in [0, 0.05) is 24.9 Å². The van der Waals surface area contributed by atoms with E-state index in [-0.39, 0.29) is 0 Å². The molecule has 0 spiro atoms. The molecule has 1 unspecified atom stereocenters. The summed E-state index contributed by atoms with van der Waals surface area (Å²) < 4.78 is 0. The number of benzene rings is 1. The number of aryl methyl sites for hydroxylation is 2. The molecule has 0 N–H and O–H groups in total. The van der Waals surface area contributed by atoms with Crippen LogP contribution in [0, 0.1) is 6.92 Å². The Kier molecular flexibility index (Phi) is 5.90. The minimum Gasteiger partial charge on any atom is -0.340 e. The van der Waals surface area contributed by atoms with E-state index >= 15 is 0 Å². The average Bonchev–Trinajstić information content (AvgIpc) is 2.92. The highest BCUT2D eigenvalue weighted by molar-refractivity contribution is 6.17. The van der Waals surface area contributed by atoms with Crippen molar-refractivity contribution in [2.45, 2.75) is 51.5 Å². The summed E-state index contributed by atoms with van der Waals surface area (Å²) in [7, 11) is 0. The molecule has 1 amide bonds. The van der Waals surface area contributed by atoms with Crippen molar-refractivity contribution in [2.24, 2.45) is 0 Å². The third-order valence-electron chi connectivity index (χ3n) is 4.24. The molecule has 1 saturated heterocycles. The van der Waals surface area contributed by atoms with Gasteiger partial charge in [0.05, 0.1) is 0 Å². The zero-order valence-electron chi connectivity index (χ0n) is 12.3. The summed E-state index contributed by atoms with van der Waals surface area (Å²) in [6.07, 6.45) is 5.83. The fourth-order valence-corrected chi connectivity index (χ4v) is 3.21. The Morgan fingerprint density at radius 1 is 1.40 bits per heavy atom. The molecular formula is C17H24ClNO. The van der Waals surface area contributed by atoms with Crippen molar-refractivity contribution in [3.05, 3.63) is 35.4 Å². The van der Waals surface area contributed by atoms with Gasteiger partial charge in [0.25, 0.3) is 0 Å². The van der Waals surface area contributed by atoms with Crippen molar-refractivity contribution >= 4 is 17.5 Å². The number of carbonyl (C=O) groups is 1. The van der Waals surface area contributed by atoms with Gasteiger partial charge in [-0.25, -0.2) is 0 Å². The molecule has 1 aliphatic rings. The lowest BCUT2D eigenvalue weighted by Crippen LogP contribution is -2.35. The molecule has 110 valence electrons. The second-order valence-corrected chi connectivity index (χ2v) is 6.02. The van der Waals surface area contributed by atoms with Gasteiger partial charge in [-0.05, 0) is 50.2 Å². The van der Waals surface area contributed by atoms with Crippen LogP contribution in [0.4, 0.5) is 0 Å². The van der Waals surface area contributed by atoms with Crippen LogP contribution in [0.15, 0.2) is 24.3 Å². The quantitative estimate of drug-likeness (QED) is 0.728. The number of carbonyl (C=O) groups excluding carboxylic acids is 1. The van der Waals surface area contributed by atoms with Crippen molar-refractivity contribution in [3.63, 3.8) is 0 Å². The van der Waals surface area contributed by atoms with Crippen molar-refractivity contribution in [1.29, 1.82) is 0 Å². The number of halogens is 1. The first kappa shape index (κ1) is 15.4. The van der Waals surface area contributed by atoms with Gasteiger partial charge < -0.3 is 4.90 Å².